The number of benzene rings is 2. The standard InChI is InChI=1S/C18H17F2N3O3S/c19-16-5-4-15(11-17(16)20)27-12-18(24)22-8-6-21(7-9-22)13-2-1-3-14(10-13)23(25)26/h1-5,10-11H,6-9,12H2. The molecular formula is C18H17F2N3O3S. The fourth-order valence-electron chi connectivity index (χ4n) is 2.82. The summed E-state index contributed by atoms with van der Waals surface area (Å²) in [5, 5.41) is 10.9. The number of nitrogens with zero attached hydrogens (tertiary/aromatic N) is 3. The molecule has 1 amide bonds. The van der Waals surface area contributed by atoms with E-state index in [2.05, 4.69) is 0 Å². The van der Waals surface area contributed by atoms with Gasteiger partial charge in [0.05, 0.1) is 10.7 Å². The number of amides is 1. The molecule has 9 heteroatoms. The van der Waals surface area contributed by atoms with Gasteiger partial charge in [-0.15, -0.1) is 11.8 Å². The van der Waals surface area contributed by atoms with E-state index in [0.29, 0.717) is 31.1 Å². The third kappa shape index (κ3) is 4.73. The van der Waals surface area contributed by atoms with Crippen molar-refractivity contribution in [3.63, 3.8) is 0 Å². The van der Waals surface area contributed by atoms with Crippen LogP contribution >= 0.6 is 11.8 Å². The van der Waals surface area contributed by atoms with Crippen LogP contribution in [0, 0.1) is 21.7 Å². The molecule has 0 N–H and O–H groups in total. The van der Waals surface area contributed by atoms with Crippen molar-refractivity contribution in [1.29, 1.82) is 0 Å². The normalized spacial score (nSPS) is 14.3. The van der Waals surface area contributed by atoms with E-state index in [0.717, 1.165) is 29.6 Å². The number of nitro benzene ring substituents is 1. The summed E-state index contributed by atoms with van der Waals surface area (Å²) < 4.78 is 26.1. The van der Waals surface area contributed by atoms with Gasteiger partial charge in [-0.1, -0.05) is 6.07 Å². The summed E-state index contributed by atoms with van der Waals surface area (Å²) in [5.41, 5.74) is 0.793. The lowest BCUT2D eigenvalue weighted by Gasteiger charge is -2.36. The zero-order chi connectivity index (χ0) is 19.4. The fourth-order valence-corrected chi connectivity index (χ4v) is 3.64. The van der Waals surface area contributed by atoms with Crippen LogP contribution in [0.5, 0.6) is 0 Å². The van der Waals surface area contributed by atoms with Gasteiger partial charge in [0.15, 0.2) is 11.6 Å². The van der Waals surface area contributed by atoms with Crippen LogP contribution < -0.4 is 4.90 Å². The molecule has 1 aliphatic heterocycles. The van der Waals surface area contributed by atoms with Gasteiger partial charge in [0, 0.05) is 48.9 Å². The van der Waals surface area contributed by atoms with Crippen LogP contribution in [0.3, 0.4) is 0 Å². The first kappa shape index (κ1) is 19.1. The Kier molecular flexibility index (Phi) is 5.90. The van der Waals surface area contributed by atoms with Gasteiger partial charge >= 0.3 is 0 Å². The Morgan fingerprint density at radius 1 is 1.07 bits per heavy atom. The average molecular weight is 393 g/mol. The summed E-state index contributed by atoms with van der Waals surface area (Å²) >= 11 is 1.16. The second-order valence-corrected chi connectivity index (χ2v) is 7.06. The Hall–Kier alpha value is -2.68. The number of piperazine rings is 1. The maximum Gasteiger partial charge on any atom is 0.271 e. The molecule has 0 saturated carbocycles. The van der Waals surface area contributed by atoms with E-state index in [9.17, 15) is 23.7 Å². The topological polar surface area (TPSA) is 66.7 Å². The van der Waals surface area contributed by atoms with E-state index < -0.39 is 16.6 Å². The van der Waals surface area contributed by atoms with Crippen molar-refractivity contribution in [3.05, 3.63) is 64.2 Å². The number of carbonyl (C=O) groups excluding carboxylic acids is 1. The van der Waals surface area contributed by atoms with E-state index >= 15 is 0 Å². The lowest BCUT2D eigenvalue weighted by molar-refractivity contribution is -0.384. The molecule has 27 heavy (non-hydrogen) atoms. The summed E-state index contributed by atoms with van der Waals surface area (Å²) in [6.45, 7) is 2.14. The van der Waals surface area contributed by atoms with Crippen LogP contribution in [-0.4, -0.2) is 47.7 Å². The van der Waals surface area contributed by atoms with Crippen LogP contribution in [0.15, 0.2) is 47.4 Å². The van der Waals surface area contributed by atoms with E-state index in [1.165, 1.54) is 18.2 Å². The molecule has 0 spiro atoms. The first-order valence-electron chi connectivity index (χ1n) is 8.29. The van der Waals surface area contributed by atoms with E-state index in [4.69, 9.17) is 0 Å². The van der Waals surface area contributed by atoms with Crippen LogP contribution in [0.25, 0.3) is 0 Å². The Morgan fingerprint density at radius 3 is 2.48 bits per heavy atom. The molecule has 0 aromatic heterocycles. The lowest BCUT2D eigenvalue weighted by Crippen LogP contribution is -2.49. The number of thioether (sulfide) groups is 1. The van der Waals surface area contributed by atoms with Crippen LogP contribution in [0.2, 0.25) is 0 Å². The van der Waals surface area contributed by atoms with Crippen LogP contribution in [0.1, 0.15) is 0 Å². The molecule has 0 atom stereocenters. The molecule has 1 heterocycles. The maximum atomic E-state index is 13.2. The summed E-state index contributed by atoms with van der Waals surface area (Å²) in [4.78, 5) is 27.0. The van der Waals surface area contributed by atoms with Gasteiger partial charge in [-0.25, -0.2) is 8.78 Å². The quantitative estimate of drug-likeness (QED) is 0.443. The number of hydrogen-bond donors (Lipinski definition) is 0. The number of carbonyl (C=O) groups is 1. The maximum absolute atomic E-state index is 13.2. The van der Waals surface area contributed by atoms with Gasteiger partial charge in [0.2, 0.25) is 5.91 Å². The number of non-ortho nitro benzene ring substituents is 1. The third-order valence-electron chi connectivity index (χ3n) is 4.29. The molecule has 1 fully saturated rings. The number of halogens is 2. The van der Waals surface area contributed by atoms with Crippen molar-refractivity contribution in [3.8, 4) is 0 Å². The minimum atomic E-state index is -0.932. The summed E-state index contributed by atoms with van der Waals surface area (Å²) in [6, 6.07) is 9.98. The second-order valence-electron chi connectivity index (χ2n) is 6.01. The van der Waals surface area contributed by atoms with Crippen LogP contribution in [-0.2, 0) is 4.79 Å². The van der Waals surface area contributed by atoms with Crippen molar-refractivity contribution in [1.82, 2.24) is 4.90 Å². The molecule has 0 aliphatic carbocycles. The minimum absolute atomic E-state index is 0.0361. The molecule has 2 aromatic rings. The highest BCUT2D eigenvalue weighted by Gasteiger charge is 2.22. The molecule has 3 rings (SSSR count). The number of anilines is 1. The zero-order valence-electron chi connectivity index (χ0n) is 14.3. The van der Waals surface area contributed by atoms with E-state index in [1.54, 1.807) is 11.0 Å². The first-order chi connectivity index (χ1) is 12.9. The smallest absolute Gasteiger partial charge is 0.271 e. The van der Waals surface area contributed by atoms with Gasteiger partial charge in [0.25, 0.3) is 5.69 Å². The molecule has 2 aromatic carbocycles. The molecule has 0 radical (unpaired) electrons. The summed E-state index contributed by atoms with van der Waals surface area (Å²) in [5.74, 6) is -1.79. The highest BCUT2D eigenvalue weighted by Crippen LogP contribution is 2.24. The molecule has 1 aliphatic rings. The molecule has 1 saturated heterocycles. The highest BCUT2D eigenvalue weighted by atomic mass is 32.2. The Bertz CT molecular complexity index is 857. The van der Waals surface area contributed by atoms with Crippen molar-refractivity contribution < 1.29 is 18.5 Å². The largest absolute Gasteiger partial charge is 0.368 e. The lowest BCUT2D eigenvalue weighted by atomic mass is 10.2. The predicted octanol–water partition coefficient (Wildman–Crippen LogP) is 3.31. The van der Waals surface area contributed by atoms with Crippen molar-refractivity contribution in [2.75, 3.05) is 36.8 Å². The summed E-state index contributed by atoms with van der Waals surface area (Å²) in [6.07, 6.45) is 0. The highest BCUT2D eigenvalue weighted by molar-refractivity contribution is 8.00. The van der Waals surface area contributed by atoms with Crippen molar-refractivity contribution in [2.45, 2.75) is 4.90 Å². The predicted molar refractivity (Wildman–Crippen MR) is 99.0 cm³/mol. The van der Waals surface area contributed by atoms with Gasteiger partial charge in [0.1, 0.15) is 0 Å². The minimum Gasteiger partial charge on any atom is -0.368 e. The molecular weight excluding hydrogens is 376 g/mol. The molecule has 6 nitrogen and oxygen atoms in total. The van der Waals surface area contributed by atoms with Gasteiger partial charge in [-0.3, -0.25) is 14.9 Å². The van der Waals surface area contributed by atoms with E-state index in [1.807, 2.05) is 11.0 Å². The molecule has 0 bridgehead atoms. The number of rotatable bonds is 5. The van der Waals surface area contributed by atoms with E-state index in [-0.39, 0.29) is 17.3 Å². The Balaban J connectivity index is 1.52. The zero-order valence-corrected chi connectivity index (χ0v) is 15.1. The van der Waals surface area contributed by atoms with Crippen LogP contribution in [0.4, 0.5) is 20.2 Å². The summed E-state index contributed by atoms with van der Waals surface area (Å²) in [7, 11) is 0. The first-order valence-corrected chi connectivity index (χ1v) is 9.27. The second kappa shape index (κ2) is 8.34. The third-order valence-corrected chi connectivity index (χ3v) is 5.27. The molecule has 142 valence electrons. The molecule has 0 unspecified atom stereocenters. The Labute approximate surface area is 158 Å². The monoisotopic (exact) mass is 393 g/mol. The SMILES string of the molecule is O=C(CSc1ccc(F)c(F)c1)N1CCN(c2cccc([N+](=O)[O-])c2)CC1. The average Bonchev–Trinajstić information content (AvgIpc) is 2.69. The number of nitro groups is 1. The fraction of sp³-hybridized carbons (Fsp3) is 0.278. The van der Waals surface area contributed by atoms with Crippen molar-refractivity contribution in [2.24, 2.45) is 0 Å². The van der Waals surface area contributed by atoms with Gasteiger partial charge < -0.3 is 9.80 Å². The Morgan fingerprint density at radius 2 is 1.81 bits per heavy atom. The van der Waals surface area contributed by atoms with Gasteiger partial charge in [-0.2, -0.15) is 0 Å². The van der Waals surface area contributed by atoms with Gasteiger partial charge in [-0.05, 0) is 24.3 Å². The van der Waals surface area contributed by atoms with Crippen molar-refractivity contribution >= 4 is 29.0 Å². The number of hydrogen-bond acceptors (Lipinski definition) is 5.